The molecule has 0 aliphatic heterocycles. The lowest BCUT2D eigenvalue weighted by Crippen LogP contribution is -2.18. The Balaban J connectivity index is 2.38. The fourth-order valence-electron chi connectivity index (χ4n) is 1.85. The zero-order valence-electron chi connectivity index (χ0n) is 11.4. The van der Waals surface area contributed by atoms with Crippen molar-refractivity contribution >= 4 is 40.1 Å². The smallest absolute Gasteiger partial charge is 0.256 e. The number of benzene rings is 2. The second-order valence-corrected chi connectivity index (χ2v) is 5.65. The minimum atomic E-state index is -1.08. The fourth-order valence-corrected chi connectivity index (χ4v) is 2.45. The van der Waals surface area contributed by atoms with Crippen molar-refractivity contribution in [2.24, 2.45) is 5.73 Å². The molecule has 0 heterocycles. The van der Waals surface area contributed by atoms with E-state index in [9.17, 15) is 18.4 Å². The van der Waals surface area contributed by atoms with E-state index >= 15 is 0 Å². The van der Waals surface area contributed by atoms with Gasteiger partial charge in [-0.2, -0.15) is 0 Å². The van der Waals surface area contributed by atoms with E-state index in [4.69, 9.17) is 5.73 Å². The first-order valence-electron chi connectivity index (χ1n) is 6.16. The standard InChI is InChI=1S/C15H11F2IN2O2/c1-7-3-2-4-8(13(7)18)15(22)20-12-5-9(14(19)21)10(16)6-11(12)17/h2-6H,1H3,(H2,19,21)(H,20,22). The number of nitrogens with two attached hydrogens (primary N) is 1. The topological polar surface area (TPSA) is 72.2 Å². The van der Waals surface area contributed by atoms with Gasteiger partial charge in [0.1, 0.15) is 11.6 Å². The van der Waals surface area contributed by atoms with Crippen LogP contribution in [0.1, 0.15) is 26.3 Å². The number of primary amides is 1. The van der Waals surface area contributed by atoms with E-state index in [0.717, 1.165) is 15.2 Å². The van der Waals surface area contributed by atoms with E-state index in [2.05, 4.69) is 5.32 Å². The van der Waals surface area contributed by atoms with Gasteiger partial charge >= 0.3 is 0 Å². The maximum absolute atomic E-state index is 13.7. The van der Waals surface area contributed by atoms with Gasteiger partial charge < -0.3 is 11.1 Å². The van der Waals surface area contributed by atoms with E-state index in [1.807, 2.05) is 35.6 Å². The Morgan fingerprint density at radius 3 is 2.45 bits per heavy atom. The molecule has 2 aromatic carbocycles. The summed E-state index contributed by atoms with van der Waals surface area (Å²) in [4.78, 5) is 23.3. The van der Waals surface area contributed by atoms with Gasteiger partial charge in [-0.15, -0.1) is 0 Å². The number of carbonyl (C=O) groups is 2. The lowest BCUT2D eigenvalue weighted by molar-refractivity contribution is 0.0992. The second kappa shape index (κ2) is 6.39. The van der Waals surface area contributed by atoms with Crippen LogP contribution in [0.2, 0.25) is 0 Å². The van der Waals surface area contributed by atoms with Crippen molar-refractivity contribution in [1.82, 2.24) is 0 Å². The number of hydrogen-bond acceptors (Lipinski definition) is 2. The molecule has 0 aromatic heterocycles. The number of nitrogens with one attached hydrogen (secondary N) is 1. The van der Waals surface area contributed by atoms with Crippen molar-refractivity contribution in [1.29, 1.82) is 0 Å². The minimum Gasteiger partial charge on any atom is -0.366 e. The Kier molecular flexibility index (Phi) is 4.74. The number of amides is 2. The molecule has 0 aliphatic carbocycles. The number of rotatable bonds is 3. The van der Waals surface area contributed by atoms with Crippen molar-refractivity contribution in [3.8, 4) is 0 Å². The molecule has 2 aromatic rings. The SMILES string of the molecule is Cc1cccc(C(=O)Nc2cc(C(N)=O)c(F)cc2F)c1I. The number of halogens is 3. The highest BCUT2D eigenvalue weighted by Crippen LogP contribution is 2.22. The molecule has 3 N–H and O–H groups in total. The number of aryl methyl sites for hydroxylation is 1. The second-order valence-electron chi connectivity index (χ2n) is 4.57. The number of carbonyl (C=O) groups excluding carboxylic acids is 2. The highest BCUT2D eigenvalue weighted by Gasteiger charge is 2.17. The zero-order valence-corrected chi connectivity index (χ0v) is 13.6. The Morgan fingerprint density at radius 1 is 1.14 bits per heavy atom. The molecule has 0 saturated carbocycles. The molecule has 0 saturated heterocycles. The summed E-state index contributed by atoms with van der Waals surface area (Å²) in [6.45, 7) is 1.84. The van der Waals surface area contributed by atoms with Crippen LogP contribution in [0, 0.1) is 22.1 Å². The molecule has 0 unspecified atom stereocenters. The molecule has 0 aliphatic rings. The van der Waals surface area contributed by atoms with Crippen LogP contribution in [-0.4, -0.2) is 11.8 Å². The molecule has 22 heavy (non-hydrogen) atoms. The Hall–Kier alpha value is -2.03. The summed E-state index contributed by atoms with van der Waals surface area (Å²) in [5, 5.41) is 2.32. The van der Waals surface area contributed by atoms with Gasteiger partial charge in [-0.05, 0) is 47.2 Å². The molecule has 0 radical (unpaired) electrons. The molecule has 114 valence electrons. The van der Waals surface area contributed by atoms with E-state index in [1.54, 1.807) is 12.1 Å². The first-order chi connectivity index (χ1) is 10.3. The molecular formula is C15H11F2IN2O2. The van der Waals surface area contributed by atoms with E-state index in [0.29, 0.717) is 11.6 Å². The summed E-state index contributed by atoms with van der Waals surface area (Å²) in [6, 6.07) is 6.51. The first kappa shape index (κ1) is 16.3. The molecule has 0 fully saturated rings. The highest BCUT2D eigenvalue weighted by molar-refractivity contribution is 14.1. The predicted octanol–water partition coefficient (Wildman–Crippen LogP) is 3.23. The van der Waals surface area contributed by atoms with Crippen LogP contribution in [0.3, 0.4) is 0 Å². The summed E-state index contributed by atoms with van der Waals surface area (Å²) in [7, 11) is 0. The van der Waals surface area contributed by atoms with Gasteiger partial charge in [-0.25, -0.2) is 8.78 Å². The normalized spacial score (nSPS) is 10.4. The Morgan fingerprint density at radius 2 is 1.82 bits per heavy atom. The van der Waals surface area contributed by atoms with Gasteiger partial charge in [0.25, 0.3) is 11.8 Å². The van der Waals surface area contributed by atoms with E-state index in [1.165, 1.54) is 0 Å². The summed E-state index contributed by atoms with van der Waals surface area (Å²) in [5.41, 5.74) is 5.45. The largest absolute Gasteiger partial charge is 0.366 e. The van der Waals surface area contributed by atoms with E-state index < -0.39 is 29.0 Å². The number of anilines is 1. The van der Waals surface area contributed by atoms with Crippen LogP contribution in [0.4, 0.5) is 14.5 Å². The van der Waals surface area contributed by atoms with Gasteiger partial charge in [0.15, 0.2) is 0 Å². The Bertz CT molecular complexity index is 778. The molecule has 0 bridgehead atoms. The minimum absolute atomic E-state index is 0.308. The lowest BCUT2D eigenvalue weighted by atomic mass is 10.1. The molecule has 0 spiro atoms. The summed E-state index contributed by atoms with van der Waals surface area (Å²) >= 11 is 2.01. The predicted molar refractivity (Wildman–Crippen MR) is 86.7 cm³/mol. The molecule has 4 nitrogen and oxygen atoms in total. The van der Waals surface area contributed by atoms with Crippen LogP contribution in [0.25, 0.3) is 0 Å². The van der Waals surface area contributed by atoms with Crippen molar-refractivity contribution in [2.75, 3.05) is 5.32 Å². The molecular weight excluding hydrogens is 405 g/mol. The monoisotopic (exact) mass is 416 g/mol. The summed E-state index contributed by atoms with van der Waals surface area (Å²) in [5.74, 6) is -3.67. The van der Waals surface area contributed by atoms with Gasteiger partial charge in [0.05, 0.1) is 16.8 Å². The van der Waals surface area contributed by atoms with Gasteiger partial charge in [0, 0.05) is 9.64 Å². The van der Waals surface area contributed by atoms with Crippen LogP contribution in [0.15, 0.2) is 30.3 Å². The summed E-state index contributed by atoms with van der Waals surface area (Å²) < 4.78 is 27.9. The third-order valence-electron chi connectivity index (χ3n) is 3.01. The first-order valence-corrected chi connectivity index (χ1v) is 7.24. The van der Waals surface area contributed by atoms with E-state index in [-0.39, 0.29) is 5.69 Å². The van der Waals surface area contributed by atoms with Gasteiger partial charge in [-0.3, -0.25) is 9.59 Å². The van der Waals surface area contributed by atoms with Gasteiger partial charge in [0.2, 0.25) is 0 Å². The van der Waals surface area contributed by atoms with Gasteiger partial charge in [-0.1, -0.05) is 12.1 Å². The maximum Gasteiger partial charge on any atom is 0.256 e. The average Bonchev–Trinajstić information content (AvgIpc) is 2.44. The lowest BCUT2D eigenvalue weighted by Gasteiger charge is -2.10. The highest BCUT2D eigenvalue weighted by atomic mass is 127. The third kappa shape index (κ3) is 3.24. The molecule has 2 amide bonds. The van der Waals surface area contributed by atoms with Crippen LogP contribution in [0.5, 0.6) is 0 Å². The fraction of sp³-hybridized carbons (Fsp3) is 0.0667. The summed E-state index contributed by atoms with van der Waals surface area (Å²) in [6.07, 6.45) is 0. The zero-order chi connectivity index (χ0) is 16.4. The Labute approximate surface area is 138 Å². The van der Waals surface area contributed by atoms with Crippen LogP contribution < -0.4 is 11.1 Å². The maximum atomic E-state index is 13.7. The van der Waals surface area contributed by atoms with Crippen molar-refractivity contribution in [3.05, 3.63) is 62.2 Å². The third-order valence-corrected chi connectivity index (χ3v) is 4.44. The van der Waals surface area contributed by atoms with Crippen LogP contribution in [-0.2, 0) is 0 Å². The molecule has 0 atom stereocenters. The average molecular weight is 416 g/mol. The number of hydrogen-bond donors (Lipinski definition) is 2. The van der Waals surface area contributed by atoms with Crippen LogP contribution >= 0.6 is 22.6 Å². The van der Waals surface area contributed by atoms with Crippen molar-refractivity contribution < 1.29 is 18.4 Å². The van der Waals surface area contributed by atoms with Crippen molar-refractivity contribution in [2.45, 2.75) is 6.92 Å². The quantitative estimate of drug-likeness (QED) is 0.755. The molecule has 7 heteroatoms. The molecule has 2 rings (SSSR count). The van der Waals surface area contributed by atoms with Crippen molar-refractivity contribution in [3.63, 3.8) is 0 Å².